The van der Waals surface area contributed by atoms with Gasteiger partial charge in [0, 0.05) is 39.6 Å². The maximum atomic E-state index is 8.56. The average molecular weight is 418 g/mol. The van der Waals surface area contributed by atoms with Crippen LogP contribution in [0.4, 0.5) is 19.2 Å². The van der Waals surface area contributed by atoms with Gasteiger partial charge in [-0.15, -0.1) is 0 Å². The smallest absolute Gasteiger partial charge is 0 e. The Hall–Kier alpha value is -0.661. The van der Waals surface area contributed by atoms with Gasteiger partial charge in [0.15, 0.2) is 0 Å². The molecule has 0 aromatic carbocycles. The van der Waals surface area contributed by atoms with Crippen molar-refractivity contribution in [1.82, 2.24) is 0 Å². The summed E-state index contributed by atoms with van der Waals surface area (Å²) in [6.07, 6.45) is -7.33. The van der Waals surface area contributed by atoms with Crippen LogP contribution in [0.5, 0.6) is 0 Å². The van der Waals surface area contributed by atoms with Crippen LogP contribution in [0.3, 0.4) is 0 Å². The van der Waals surface area contributed by atoms with Gasteiger partial charge in [-0.05, 0) is 0 Å². The predicted octanol–water partition coefficient (Wildman–Crippen LogP) is -0.150. The summed E-state index contributed by atoms with van der Waals surface area (Å²) >= 11 is 0. The number of carboxylic acid groups (broad SMARTS) is 8. The summed E-state index contributed by atoms with van der Waals surface area (Å²) in [5.41, 5.74) is 0. The first-order valence-electron chi connectivity index (χ1n) is 2.61. The van der Waals surface area contributed by atoms with Crippen molar-refractivity contribution in [2.75, 3.05) is 0 Å². The predicted molar refractivity (Wildman–Crippen MR) is 51.8 cm³/mol. The number of hydrogen-bond acceptors (Lipinski definition) is 4. The molecule has 0 amide bonds. The summed E-state index contributed by atoms with van der Waals surface area (Å²) in [7, 11) is 0. The van der Waals surface area contributed by atoms with Crippen molar-refractivity contribution in [2.24, 2.45) is 0 Å². The van der Waals surface area contributed by atoms with Crippen LogP contribution in [0.25, 0.3) is 0 Å². The largest absolute Gasteiger partial charge is 0 e. The fourth-order valence-electron chi connectivity index (χ4n) is 0. The first-order chi connectivity index (χ1) is 6.93. The van der Waals surface area contributed by atoms with Gasteiger partial charge in [0.25, 0.3) is 0 Å². The SMILES string of the molecule is O=C(O)O.O=C(O)O.O=C(O)O.O=C(O)O.[CaH2].[Fe].[Fe].[O]. The van der Waals surface area contributed by atoms with Gasteiger partial charge in [-0.2, -0.15) is 0 Å². The first kappa shape index (κ1) is 50.6. The molecule has 0 fully saturated rings. The number of carbonyl (C=O) groups is 4. The van der Waals surface area contributed by atoms with Crippen molar-refractivity contribution in [3.8, 4) is 0 Å². The van der Waals surface area contributed by atoms with E-state index < -0.39 is 24.6 Å². The van der Waals surface area contributed by atoms with Crippen molar-refractivity contribution in [3.63, 3.8) is 0 Å². The molecule has 0 bridgehead atoms. The van der Waals surface area contributed by atoms with Gasteiger partial charge >= 0.3 is 62.4 Å². The number of rotatable bonds is 0. The fourth-order valence-corrected chi connectivity index (χ4v) is 0. The van der Waals surface area contributed by atoms with E-state index >= 15 is 0 Å². The van der Waals surface area contributed by atoms with Crippen molar-refractivity contribution < 1.29 is 99.6 Å². The summed E-state index contributed by atoms with van der Waals surface area (Å²) in [6, 6.07) is 0. The van der Waals surface area contributed by atoms with E-state index in [1.807, 2.05) is 0 Å². The molecular formula is C4H10CaFe2O13. The molecule has 0 aliphatic heterocycles. The third-order valence-electron chi connectivity index (χ3n) is 0. The Morgan fingerprint density at radius 2 is 0.450 bits per heavy atom. The molecule has 0 saturated carbocycles. The molecule has 0 unspecified atom stereocenters. The monoisotopic (exact) mass is 418 g/mol. The average Bonchev–Trinajstić information content (AvgIpc) is 1.76. The van der Waals surface area contributed by atoms with Crippen molar-refractivity contribution in [3.05, 3.63) is 0 Å². The Bertz CT molecular complexity index is 168. The summed E-state index contributed by atoms with van der Waals surface area (Å²) < 4.78 is 0. The van der Waals surface area contributed by atoms with E-state index in [4.69, 9.17) is 60.0 Å². The third kappa shape index (κ3) is 10600. The topological polar surface area (TPSA) is 259 Å². The van der Waals surface area contributed by atoms with Gasteiger partial charge in [-0.1, -0.05) is 0 Å². The van der Waals surface area contributed by atoms with E-state index in [0.717, 1.165) is 0 Å². The van der Waals surface area contributed by atoms with E-state index in [9.17, 15) is 0 Å². The Labute approximate surface area is 161 Å². The summed E-state index contributed by atoms with van der Waals surface area (Å²) in [5.74, 6) is 0. The van der Waals surface area contributed by atoms with E-state index in [1.54, 1.807) is 0 Å². The fraction of sp³-hybridized carbons (Fsp3) is 0. The van der Waals surface area contributed by atoms with Crippen LogP contribution >= 0.6 is 0 Å². The van der Waals surface area contributed by atoms with Crippen LogP contribution < -0.4 is 0 Å². The molecule has 0 aromatic rings. The van der Waals surface area contributed by atoms with Gasteiger partial charge in [0.05, 0.1) is 0 Å². The third-order valence-corrected chi connectivity index (χ3v) is 0. The van der Waals surface area contributed by atoms with E-state index in [2.05, 4.69) is 0 Å². The molecule has 122 valence electrons. The normalized spacial score (nSPS) is 4.80. The van der Waals surface area contributed by atoms with Crippen LogP contribution in [-0.4, -0.2) is 103 Å². The van der Waals surface area contributed by atoms with Crippen LogP contribution in [0.15, 0.2) is 0 Å². The molecule has 13 nitrogen and oxygen atoms in total. The molecule has 0 aromatic heterocycles. The Balaban J connectivity index is -0.0000000150. The second kappa shape index (κ2) is 42.9. The second-order valence-corrected chi connectivity index (χ2v) is 1.13. The van der Waals surface area contributed by atoms with Crippen LogP contribution in [0.2, 0.25) is 0 Å². The van der Waals surface area contributed by atoms with Crippen LogP contribution in [-0.2, 0) is 39.6 Å². The summed E-state index contributed by atoms with van der Waals surface area (Å²) in [5, 5.41) is 55.8. The molecular weight excluding hydrogens is 408 g/mol. The molecule has 2 radical (unpaired) electrons. The van der Waals surface area contributed by atoms with Gasteiger partial charge in [0.2, 0.25) is 0 Å². The molecule has 0 aliphatic rings. The molecule has 0 spiro atoms. The molecule has 0 saturated heterocycles. The number of hydrogen-bond donors (Lipinski definition) is 8. The maximum absolute atomic E-state index is 8.56. The Kier molecular flexibility index (Phi) is 108. The molecule has 0 heterocycles. The van der Waals surface area contributed by atoms with Gasteiger partial charge in [-0.25, -0.2) is 19.2 Å². The van der Waals surface area contributed by atoms with E-state index in [1.165, 1.54) is 0 Å². The van der Waals surface area contributed by atoms with Gasteiger partial charge < -0.3 is 40.9 Å². The Morgan fingerprint density at radius 3 is 0.450 bits per heavy atom. The van der Waals surface area contributed by atoms with Crippen molar-refractivity contribution >= 4 is 62.4 Å². The van der Waals surface area contributed by atoms with Crippen molar-refractivity contribution in [1.29, 1.82) is 0 Å². The molecule has 0 aliphatic carbocycles. The Morgan fingerprint density at radius 1 is 0.450 bits per heavy atom. The van der Waals surface area contributed by atoms with Crippen LogP contribution in [0, 0.1) is 0 Å². The van der Waals surface area contributed by atoms with Crippen LogP contribution in [0.1, 0.15) is 0 Å². The van der Waals surface area contributed by atoms with Gasteiger partial charge in [-0.3, -0.25) is 0 Å². The quantitative estimate of drug-likeness (QED) is 0.239. The standard InChI is InChI=1S/4CH2O3.Ca.2Fe.O.2H/c4*2-1(3)4;;;;;;/h4*(H2,2,3,4);;;;;;. The molecule has 16 heteroatoms. The molecule has 0 atom stereocenters. The molecule has 0 rings (SSSR count). The van der Waals surface area contributed by atoms with E-state index in [0.29, 0.717) is 0 Å². The minimum Gasteiger partial charge on any atom is 0 e. The molecule has 8 N–H and O–H groups in total. The minimum absolute atomic E-state index is 0. The van der Waals surface area contributed by atoms with Gasteiger partial charge in [0.1, 0.15) is 0 Å². The zero-order valence-electron chi connectivity index (χ0n) is 8.33. The molecule has 20 heavy (non-hydrogen) atoms. The van der Waals surface area contributed by atoms with Crippen molar-refractivity contribution in [2.45, 2.75) is 0 Å². The zero-order valence-corrected chi connectivity index (χ0v) is 10.5. The minimum atomic E-state index is -1.83. The summed E-state index contributed by atoms with van der Waals surface area (Å²) in [4.78, 5) is 34.2. The first-order valence-corrected chi connectivity index (χ1v) is 2.61. The zero-order chi connectivity index (χ0) is 14.3. The second-order valence-electron chi connectivity index (χ2n) is 1.13. The maximum Gasteiger partial charge on any atom is 0 e. The van der Waals surface area contributed by atoms with E-state index in [-0.39, 0.29) is 77.4 Å². The summed E-state index contributed by atoms with van der Waals surface area (Å²) in [6.45, 7) is 0.